The van der Waals surface area contributed by atoms with Crippen molar-refractivity contribution < 1.29 is 19.5 Å². The van der Waals surface area contributed by atoms with Gasteiger partial charge in [-0.05, 0) is 18.2 Å². The zero-order valence-corrected chi connectivity index (χ0v) is 8.86. The number of hydrogen-bond acceptors (Lipinski definition) is 3. The highest BCUT2D eigenvalue weighted by molar-refractivity contribution is 5.44. The summed E-state index contributed by atoms with van der Waals surface area (Å²) in [7, 11) is 1.72. The lowest BCUT2D eigenvalue weighted by molar-refractivity contribution is -0.671. The Morgan fingerprint density at radius 3 is 3.07 bits per heavy atom. The third kappa shape index (κ3) is 2.61. The molecule has 0 spiro atoms. The number of ether oxygens (including phenoxy) is 3. The summed E-state index contributed by atoms with van der Waals surface area (Å²) in [5.74, 6) is 1.70. The van der Waals surface area contributed by atoms with Gasteiger partial charge in [0.15, 0.2) is 11.5 Å². The summed E-state index contributed by atoms with van der Waals surface area (Å²) >= 11 is 0. The molecule has 1 heterocycles. The van der Waals surface area contributed by atoms with Gasteiger partial charge in [-0.15, -0.1) is 0 Å². The first kappa shape index (κ1) is 10.3. The highest BCUT2D eigenvalue weighted by Gasteiger charge is 2.13. The van der Waals surface area contributed by atoms with Crippen LogP contribution in [0.15, 0.2) is 18.2 Å². The van der Waals surface area contributed by atoms with Crippen molar-refractivity contribution in [2.75, 3.05) is 27.1 Å². The maximum Gasteiger partial charge on any atom is 0.231 e. The Balaban J connectivity index is 1.87. The minimum absolute atomic E-state index is 0.339. The van der Waals surface area contributed by atoms with Crippen molar-refractivity contribution in [2.45, 2.75) is 6.54 Å². The molecule has 0 atom stereocenters. The second-order valence-electron chi connectivity index (χ2n) is 3.46. The van der Waals surface area contributed by atoms with Crippen LogP contribution in [0.5, 0.6) is 11.5 Å². The van der Waals surface area contributed by atoms with Crippen molar-refractivity contribution in [1.29, 1.82) is 0 Å². The minimum Gasteiger partial charge on any atom is -0.454 e. The van der Waals surface area contributed by atoms with E-state index in [1.165, 1.54) is 5.56 Å². The van der Waals surface area contributed by atoms with Crippen LogP contribution >= 0.6 is 0 Å². The van der Waals surface area contributed by atoms with Gasteiger partial charge in [0.1, 0.15) is 6.54 Å². The fourth-order valence-electron chi connectivity index (χ4n) is 1.54. The van der Waals surface area contributed by atoms with Crippen molar-refractivity contribution in [3.8, 4) is 11.5 Å². The Kier molecular flexibility index (Phi) is 3.42. The van der Waals surface area contributed by atoms with Gasteiger partial charge in [0.05, 0.1) is 13.2 Å². The van der Waals surface area contributed by atoms with Crippen molar-refractivity contribution in [3.05, 3.63) is 23.8 Å². The van der Waals surface area contributed by atoms with Gasteiger partial charge >= 0.3 is 0 Å². The largest absolute Gasteiger partial charge is 0.454 e. The predicted octanol–water partition coefficient (Wildman–Crippen LogP) is 0.125. The molecule has 82 valence electrons. The number of rotatable bonds is 5. The summed E-state index contributed by atoms with van der Waals surface area (Å²) in [6.45, 7) is 3.04. The van der Waals surface area contributed by atoms with Crippen LogP contribution in [0.1, 0.15) is 5.56 Å². The van der Waals surface area contributed by atoms with Gasteiger partial charge in [0, 0.05) is 12.7 Å². The number of methoxy groups -OCH3 is 1. The van der Waals surface area contributed by atoms with Gasteiger partial charge in [-0.2, -0.15) is 0 Å². The Morgan fingerprint density at radius 2 is 2.20 bits per heavy atom. The highest BCUT2D eigenvalue weighted by Crippen LogP contribution is 2.32. The van der Waals surface area contributed by atoms with Crippen LogP contribution in [-0.2, 0) is 11.3 Å². The summed E-state index contributed by atoms with van der Waals surface area (Å²) in [6, 6.07) is 6.06. The van der Waals surface area contributed by atoms with E-state index in [1.54, 1.807) is 7.11 Å². The van der Waals surface area contributed by atoms with E-state index in [0.717, 1.165) is 31.2 Å². The van der Waals surface area contributed by atoms with Crippen molar-refractivity contribution in [1.82, 2.24) is 0 Å². The molecular weight excluding hydrogens is 194 g/mol. The number of hydrogen-bond donors (Lipinski definition) is 1. The molecule has 0 amide bonds. The van der Waals surface area contributed by atoms with E-state index in [1.807, 2.05) is 12.1 Å². The van der Waals surface area contributed by atoms with Crippen molar-refractivity contribution in [2.24, 2.45) is 0 Å². The van der Waals surface area contributed by atoms with Crippen LogP contribution in [0, 0.1) is 0 Å². The molecule has 0 fully saturated rings. The third-order valence-corrected chi connectivity index (χ3v) is 2.34. The smallest absolute Gasteiger partial charge is 0.231 e. The van der Waals surface area contributed by atoms with Crippen LogP contribution in [0.25, 0.3) is 0 Å². The van der Waals surface area contributed by atoms with Crippen LogP contribution in [0.2, 0.25) is 0 Å². The molecule has 1 aliphatic heterocycles. The number of fused-ring (bicyclic) bond motifs is 1. The summed E-state index contributed by atoms with van der Waals surface area (Å²) in [5.41, 5.74) is 1.25. The lowest BCUT2D eigenvalue weighted by Crippen LogP contribution is -2.83. The molecule has 0 unspecified atom stereocenters. The van der Waals surface area contributed by atoms with E-state index in [4.69, 9.17) is 14.2 Å². The molecule has 0 bridgehead atoms. The van der Waals surface area contributed by atoms with Crippen molar-refractivity contribution in [3.63, 3.8) is 0 Å². The fourth-order valence-corrected chi connectivity index (χ4v) is 1.54. The molecule has 0 saturated carbocycles. The molecule has 0 saturated heterocycles. The molecule has 2 N–H and O–H groups in total. The van der Waals surface area contributed by atoms with E-state index in [0.29, 0.717) is 6.79 Å². The summed E-state index contributed by atoms with van der Waals surface area (Å²) < 4.78 is 15.5. The van der Waals surface area contributed by atoms with E-state index < -0.39 is 0 Å². The van der Waals surface area contributed by atoms with E-state index in [-0.39, 0.29) is 0 Å². The number of benzene rings is 1. The monoisotopic (exact) mass is 210 g/mol. The first-order valence-corrected chi connectivity index (χ1v) is 5.09. The molecule has 0 aliphatic carbocycles. The molecule has 15 heavy (non-hydrogen) atoms. The molecule has 4 nitrogen and oxygen atoms in total. The normalized spacial score (nSPS) is 13.1. The van der Waals surface area contributed by atoms with Crippen LogP contribution in [0.3, 0.4) is 0 Å². The van der Waals surface area contributed by atoms with Crippen LogP contribution < -0.4 is 14.8 Å². The third-order valence-electron chi connectivity index (χ3n) is 2.34. The van der Waals surface area contributed by atoms with Gasteiger partial charge in [-0.25, -0.2) is 0 Å². The first-order valence-electron chi connectivity index (χ1n) is 5.09. The summed E-state index contributed by atoms with van der Waals surface area (Å²) in [5, 5.41) is 2.21. The fraction of sp³-hybridized carbons (Fsp3) is 0.455. The quantitative estimate of drug-likeness (QED) is 0.702. The zero-order chi connectivity index (χ0) is 10.5. The lowest BCUT2D eigenvalue weighted by atomic mass is 10.2. The highest BCUT2D eigenvalue weighted by atomic mass is 16.7. The second-order valence-corrected chi connectivity index (χ2v) is 3.46. The predicted molar refractivity (Wildman–Crippen MR) is 54.9 cm³/mol. The maximum atomic E-state index is 5.31. The van der Waals surface area contributed by atoms with E-state index >= 15 is 0 Å². The standard InChI is InChI=1S/C11H15NO3/c1-13-5-4-12-7-9-2-3-10-11(6-9)15-8-14-10/h2-3,6,12H,4-5,7-8H2,1H3/p+1. The van der Waals surface area contributed by atoms with Gasteiger partial charge < -0.3 is 19.5 Å². The molecular formula is C11H16NO3+. The first-order chi connectivity index (χ1) is 7.40. The molecule has 1 aliphatic rings. The maximum absolute atomic E-state index is 5.31. The summed E-state index contributed by atoms with van der Waals surface area (Å²) in [4.78, 5) is 0. The van der Waals surface area contributed by atoms with Gasteiger partial charge in [-0.3, -0.25) is 0 Å². The van der Waals surface area contributed by atoms with Crippen molar-refractivity contribution >= 4 is 0 Å². The molecule has 1 aromatic carbocycles. The average molecular weight is 210 g/mol. The molecule has 1 aromatic rings. The molecule has 4 heteroatoms. The van der Waals surface area contributed by atoms with E-state index in [9.17, 15) is 0 Å². The minimum atomic E-state index is 0.339. The number of nitrogens with two attached hydrogens (primary N) is 1. The average Bonchev–Trinajstić information content (AvgIpc) is 2.71. The lowest BCUT2D eigenvalue weighted by Gasteiger charge is -2.02. The Bertz CT molecular complexity index is 328. The number of quaternary nitrogens is 1. The Morgan fingerprint density at radius 1 is 1.33 bits per heavy atom. The van der Waals surface area contributed by atoms with Crippen LogP contribution in [0.4, 0.5) is 0 Å². The second kappa shape index (κ2) is 5.00. The SMILES string of the molecule is COCC[NH2+]Cc1ccc2c(c1)OCO2. The van der Waals surface area contributed by atoms with Gasteiger partial charge in [-0.1, -0.05) is 0 Å². The van der Waals surface area contributed by atoms with E-state index in [2.05, 4.69) is 11.4 Å². The summed E-state index contributed by atoms with van der Waals surface area (Å²) in [6.07, 6.45) is 0. The Labute approximate surface area is 89.1 Å². The molecule has 0 radical (unpaired) electrons. The molecule has 0 aromatic heterocycles. The van der Waals surface area contributed by atoms with Crippen LogP contribution in [-0.4, -0.2) is 27.1 Å². The molecule has 2 rings (SSSR count). The zero-order valence-electron chi connectivity index (χ0n) is 8.86. The van der Waals surface area contributed by atoms with Gasteiger partial charge in [0.25, 0.3) is 0 Å². The Hall–Kier alpha value is -1.26. The van der Waals surface area contributed by atoms with Gasteiger partial charge in [0.2, 0.25) is 6.79 Å². The topological polar surface area (TPSA) is 44.3 Å².